The van der Waals surface area contributed by atoms with E-state index in [1.165, 1.54) is 6.42 Å². The Balaban J connectivity index is 1.64. The minimum absolute atomic E-state index is 0.0909. The Morgan fingerprint density at radius 2 is 1.57 bits per heavy atom. The van der Waals surface area contributed by atoms with E-state index in [-0.39, 0.29) is 29.9 Å². The van der Waals surface area contributed by atoms with Crippen LogP contribution in [0.1, 0.15) is 75.1 Å². The fourth-order valence-electron chi connectivity index (χ4n) is 5.54. The topological polar surface area (TPSA) is 58.6 Å². The zero-order valence-electron chi connectivity index (χ0n) is 24.5. The second-order valence-electron chi connectivity index (χ2n) is 12.1. The molecule has 1 fully saturated rings. The van der Waals surface area contributed by atoms with Gasteiger partial charge in [0.15, 0.2) is 6.61 Å². The summed E-state index contributed by atoms with van der Waals surface area (Å²) >= 11 is 0. The maximum Gasteiger partial charge on any atom is 0.261 e. The Morgan fingerprint density at radius 1 is 0.900 bits per heavy atom. The smallest absolute Gasteiger partial charge is 0.261 e. The maximum atomic E-state index is 14.0. The Morgan fingerprint density at radius 3 is 2.27 bits per heavy atom. The van der Waals surface area contributed by atoms with Gasteiger partial charge in [-0.3, -0.25) is 9.59 Å². The number of hydrogen-bond acceptors (Lipinski definition) is 3. The molecule has 1 aliphatic carbocycles. The molecule has 212 valence electrons. The number of amides is 2. The molecule has 0 aliphatic heterocycles. The van der Waals surface area contributed by atoms with Gasteiger partial charge >= 0.3 is 0 Å². The van der Waals surface area contributed by atoms with E-state index in [1.807, 2.05) is 79.7 Å². The number of para-hydroxylation sites is 1. The highest BCUT2D eigenvalue weighted by molar-refractivity contribution is 5.88. The second kappa shape index (κ2) is 13.6. The van der Waals surface area contributed by atoms with Crippen molar-refractivity contribution in [2.24, 2.45) is 0 Å². The second-order valence-corrected chi connectivity index (χ2v) is 12.1. The highest BCUT2D eigenvalue weighted by Crippen LogP contribution is 2.31. The number of nitrogens with one attached hydrogen (secondary N) is 1. The molecule has 4 rings (SSSR count). The lowest BCUT2D eigenvalue weighted by Crippen LogP contribution is -2.53. The third-order valence-corrected chi connectivity index (χ3v) is 7.70. The normalized spacial score (nSPS) is 14.8. The van der Waals surface area contributed by atoms with Crippen molar-refractivity contribution in [2.45, 2.75) is 90.3 Å². The summed E-state index contributed by atoms with van der Waals surface area (Å²) in [4.78, 5) is 29.7. The van der Waals surface area contributed by atoms with E-state index in [9.17, 15) is 9.59 Å². The fraction of sp³-hybridized carbons (Fsp3) is 0.429. The molecule has 0 heterocycles. The zero-order chi connectivity index (χ0) is 28.5. The van der Waals surface area contributed by atoms with Crippen LogP contribution in [0.2, 0.25) is 0 Å². The van der Waals surface area contributed by atoms with Crippen LogP contribution in [0.4, 0.5) is 0 Å². The summed E-state index contributed by atoms with van der Waals surface area (Å²) in [6.45, 7) is 8.63. The quantitative estimate of drug-likeness (QED) is 0.309. The summed E-state index contributed by atoms with van der Waals surface area (Å²) in [7, 11) is 0. The molecule has 5 nitrogen and oxygen atoms in total. The summed E-state index contributed by atoms with van der Waals surface area (Å²) in [6.07, 6.45) is 5.88. The van der Waals surface area contributed by atoms with Gasteiger partial charge in [-0.15, -0.1) is 0 Å². The minimum atomic E-state index is -0.654. The predicted molar refractivity (Wildman–Crippen MR) is 161 cm³/mol. The monoisotopic (exact) mass is 540 g/mol. The highest BCUT2D eigenvalue weighted by atomic mass is 16.5. The Kier molecular flexibility index (Phi) is 10.0. The average molecular weight is 541 g/mol. The first-order valence-electron chi connectivity index (χ1n) is 14.6. The third-order valence-electron chi connectivity index (χ3n) is 7.70. The van der Waals surface area contributed by atoms with Gasteiger partial charge in [-0.05, 0) is 47.9 Å². The standard InChI is InChI=1S/C35H44N2O3/c1-26-14-13-17-28(22-26)24-37(33(38)25-40-32-21-12-11-20-30(32)35(2,3)4)31(23-27-15-7-5-8-16-27)34(39)36-29-18-9-6-10-19-29/h5,7-8,11-17,20-22,29,31H,6,9-10,18-19,23-25H2,1-4H3,(H,36,39)/t31-/m1/s1. The summed E-state index contributed by atoms with van der Waals surface area (Å²) in [5.74, 6) is 0.405. The molecule has 40 heavy (non-hydrogen) atoms. The Bertz CT molecular complexity index is 1260. The van der Waals surface area contributed by atoms with E-state index < -0.39 is 6.04 Å². The predicted octanol–water partition coefficient (Wildman–Crippen LogP) is 6.76. The number of hydrogen-bond donors (Lipinski definition) is 1. The summed E-state index contributed by atoms with van der Waals surface area (Å²) in [6, 6.07) is 25.5. The fourth-order valence-corrected chi connectivity index (χ4v) is 5.54. The number of benzene rings is 3. The van der Waals surface area contributed by atoms with Crippen LogP contribution in [0.5, 0.6) is 5.75 Å². The van der Waals surface area contributed by atoms with Crippen molar-refractivity contribution in [1.82, 2.24) is 10.2 Å². The summed E-state index contributed by atoms with van der Waals surface area (Å²) < 4.78 is 6.18. The molecule has 1 aliphatic rings. The molecule has 3 aromatic carbocycles. The van der Waals surface area contributed by atoms with E-state index in [2.05, 4.69) is 32.2 Å². The van der Waals surface area contributed by atoms with Crippen LogP contribution in [-0.2, 0) is 28.0 Å². The molecule has 5 heteroatoms. The summed E-state index contributed by atoms with van der Waals surface area (Å²) in [5, 5.41) is 3.30. The first-order chi connectivity index (χ1) is 19.2. The van der Waals surface area contributed by atoms with Crippen LogP contribution < -0.4 is 10.1 Å². The van der Waals surface area contributed by atoms with E-state index in [1.54, 1.807) is 4.90 Å². The van der Waals surface area contributed by atoms with Crippen LogP contribution >= 0.6 is 0 Å². The summed E-state index contributed by atoms with van der Waals surface area (Å²) in [5.41, 5.74) is 4.05. The largest absolute Gasteiger partial charge is 0.483 e. The SMILES string of the molecule is Cc1cccc(CN(C(=O)COc2ccccc2C(C)(C)C)[C@H](Cc2ccccc2)C(=O)NC2CCCCC2)c1. The lowest BCUT2D eigenvalue weighted by Gasteiger charge is -2.33. The molecular formula is C35H44N2O3. The molecule has 0 spiro atoms. The van der Waals surface area contributed by atoms with E-state index in [0.29, 0.717) is 18.7 Å². The van der Waals surface area contributed by atoms with Gasteiger partial charge < -0.3 is 15.0 Å². The highest BCUT2D eigenvalue weighted by Gasteiger charge is 2.32. The van der Waals surface area contributed by atoms with Crippen LogP contribution in [-0.4, -0.2) is 35.4 Å². The van der Waals surface area contributed by atoms with Crippen molar-refractivity contribution in [3.8, 4) is 5.75 Å². The molecular weight excluding hydrogens is 496 g/mol. The molecule has 0 radical (unpaired) electrons. The van der Waals surface area contributed by atoms with Crippen molar-refractivity contribution >= 4 is 11.8 Å². The van der Waals surface area contributed by atoms with Crippen molar-refractivity contribution in [2.75, 3.05) is 6.61 Å². The number of rotatable bonds is 10. The molecule has 0 bridgehead atoms. The van der Waals surface area contributed by atoms with Crippen LogP contribution in [0.3, 0.4) is 0 Å². The van der Waals surface area contributed by atoms with Gasteiger partial charge in [-0.1, -0.05) is 118 Å². The average Bonchev–Trinajstić information content (AvgIpc) is 2.94. The van der Waals surface area contributed by atoms with Gasteiger partial charge in [0.2, 0.25) is 5.91 Å². The van der Waals surface area contributed by atoms with Crippen molar-refractivity contribution < 1.29 is 14.3 Å². The van der Waals surface area contributed by atoms with Gasteiger partial charge in [0.25, 0.3) is 5.91 Å². The van der Waals surface area contributed by atoms with Crippen molar-refractivity contribution in [3.63, 3.8) is 0 Å². The molecule has 2 amide bonds. The van der Waals surface area contributed by atoms with Crippen molar-refractivity contribution in [3.05, 3.63) is 101 Å². The molecule has 0 unspecified atom stereocenters. The Labute approximate surface area is 239 Å². The number of carbonyl (C=O) groups is 2. The Hall–Kier alpha value is -3.60. The van der Waals surface area contributed by atoms with E-state index >= 15 is 0 Å². The number of aryl methyl sites for hydroxylation is 1. The number of nitrogens with zero attached hydrogens (tertiary/aromatic N) is 1. The van der Waals surface area contributed by atoms with Crippen LogP contribution in [0.25, 0.3) is 0 Å². The van der Waals surface area contributed by atoms with Crippen molar-refractivity contribution in [1.29, 1.82) is 0 Å². The van der Waals surface area contributed by atoms with Gasteiger partial charge in [0.1, 0.15) is 11.8 Å². The molecule has 0 aromatic heterocycles. The van der Waals surface area contributed by atoms with Gasteiger partial charge in [0.05, 0.1) is 0 Å². The van der Waals surface area contributed by atoms with E-state index in [0.717, 1.165) is 47.9 Å². The van der Waals surface area contributed by atoms with Gasteiger partial charge in [0, 0.05) is 19.0 Å². The molecule has 1 atom stereocenters. The molecule has 3 aromatic rings. The first-order valence-corrected chi connectivity index (χ1v) is 14.6. The molecule has 1 N–H and O–H groups in total. The first kappa shape index (κ1) is 29.4. The van der Waals surface area contributed by atoms with Crippen LogP contribution in [0.15, 0.2) is 78.9 Å². The van der Waals surface area contributed by atoms with Crippen LogP contribution in [0, 0.1) is 6.92 Å². The van der Waals surface area contributed by atoms with E-state index in [4.69, 9.17) is 4.74 Å². The minimum Gasteiger partial charge on any atom is -0.483 e. The lowest BCUT2D eigenvalue weighted by atomic mass is 9.86. The molecule has 1 saturated carbocycles. The number of ether oxygens (including phenoxy) is 1. The maximum absolute atomic E-state index is 14.0. The third kappa shape index (κ3) is 8.20. The van der Waals surface area contributed by atoms with Gasteiger partial charge in [-0.2, -0.15) is 0 Å². The number of carbonyl (C=O) groups excluding carboxylic acids is 2. The van der Waals surface area contributed by atoms with Gasteiger partial charge in [-0.25, -0.2) is 0 Å². The zero-order valence-corrected chi connectivity index (χ0v) is 24.5. The lowest BCUT2D eigenvalue weighted by molar-refractivity contribution is -0.143. The molecule has 0 saturated heterocycles.